The van der Waals surface area contributed by atoms with Crippen molar-refractivity contribution < 1.29 is 14.4 Å². The predicted octanol–water partition coefficient (Wildman–Crippen LogP) is 0.287. The maximum absolute atomic E-state index is 12.1. The van der Waals surface area contributed by atoms with E-state index < -0.39 is 0 Å². The first-order valence-corrected chi connectivity index (χ1v) is 7.11. The Morgan fingerprint density at radius 2 is 2.10 bits per heavy atom. The standard InChI is InChI=1S/C16H22N2O2/c1-3-8-17-9-11-18(12-10-17)16(19)13-20-15-7-5-4-6-14(15)2/h3-7H,1,8-13H2,2H3/p+1. The average Bonchev–Trinajstić information content (AvgIpc) is 2.47. The van der Waals surface area contributed by atoms with E-state index in [0.29, 0.717) is 0 Å². The zero-order valence-electron chi connectivity index (χ0n) is 12.1. The van der Waals surface area contributed by atoms with Crippen molar-refractivity contribution in [2.24, 2.45) is 0 Å². The lowest BCUT2D eigenvalue weighted by molar-refractivity contribution is -0.898. The Kier molecular flexibility index (Phi) is 5.18. The third-order valence-electron chi connectivity index (χ3n) is 3.70. The van der Waals surface area contributed by atoms with E-state index in [0.717, 1.165) is 44.0 Å². The van der Waals surface area contributed by atoms with Crippen molar-refractivity contribution in [2.75, 3.05) is 39.3 Å². The molecule has 0 aromatic heterocycles. The second kappa shape index (κ2) is 7.10. The zero-order valence-corrected chi connectivity index (χ0v) is 12.1. The lowest BCUT2D eigenvalue weighted by Crippen LogP contribution is -3.14. The molecule has 0 spiro atoms. The fraction of sp³-hybridized carbons (Fsp3) is 0.438. The minimum atomic E-state index is 0.0749. The number of aryl methyl sites for hydroxylation is 1. The molecule has 1 N–H and O–H groups in total. The highest BCUT2D eigenvalue weighted by Gasteiger charge is 2.23. The van der Waals surface area contributed by atoms with Gasteiger partial charge in [-0.3, -0.25) is 4.79 Å². The topological polar surface area (TPSA) is 34.0 Å². The summed E-state index contributed by atoms with van der Waals surface area (Å²) in [5.41, 5.74) is 1.06. The summed E-state index contributed by atoms with van der Waals surface area (Å²) >= 11 is 0. The van der Waals surface area contributed by atoms with E-state index in [4.69, 9.17) is 4.74 Å². The second-order valence-electron chi connectivity index (χ2n) is 5.18. The zero-order chi connectivity index (χ0) is 14.4. The lowest BCUT2D eigenvalue weighted by atomic mass is 10.2. The summed E-state index contributed by atoms with van der Waals surface area (Å²) in [5, 5.41) is 0. The van der Waals surface area contributed by atoms with Crippen LogP contribution in [0.2, 0.25) is 0 Å². The van der Waals surface area contributed by atoms with Crippen LogP contribution in [0.5, 0.6) is 5.75 Å². The van der Waals surface area contributed by atoms with Crippen LogP contribution in [-0.2, 0) is 4.79 Å². The summed E-state index contributed by atoms with van der Waals surface area (Å²) < 4.78 is 5.61. The smallest absolute Gasteiger partial charge is 0.260 e. The number of rotatable bonds is 5. The Balaban J connectivity index is 1.79. The number of carbonyl (C=O) groups is 1. The summed E-state index contributed by atoms with van der Waals surface area (Å²) in [5.74, 6) is 0.864. The number of carbonyl (C=O) groups excluding carboxylic acids is 1. The number of nitrogens with one attached hydrogen (secondary N) is 1. The number of nitrogens with zero attached hydrogens (tertiary/aromatic N) is 1. The van der Waals surface area contributed by atoms with E-state index in [2.05, 4.69) is 6.58 Å². The molecule has 1 fully saturated rings. The molecule has 108 valence electrons. The summed E-state index contributed by atoms with van der Waals surface area (Å²) in [6.45, 7) is 10.4. The molecule has 1 aromatic carbocycles. The Morgan fingerprint density at radius 3 is 2.75 bits per heavy atom. The van der Waals surface area contributed by atoms with Gasteiger partial charge in [-0.2, -0.15) is 0 Å². The van der Waals surface area contributed by atoms with Gasteiger partial charge in [0.15, 0.2) is 6.61 Å². The summed E-state index contributed by atoms with van der Waals surface area (Å²) in [7, 11) is 0. The van der Waals surface area contributed by atoms with Crippen LogP contribution in [0.25, 0.3) is 0 Å². The fourth-order valence-corrected chi connectivity index (χ4v) is 2.43. The molecule has 1 aliphatic heterocycles. The molecule has 0 atom stereocenters. The van der Waals surface area contributed by atoms with E-state index >= 15 is 0 Å². The molecule has 1 saturated heterocycles. The van der Waals surface area contributed by atoms with Gasteiger partial charge in [-0.25, -0.2) is 0 Å². The van der Waals surface area contributed by atoms with Gasteiger partial charge in [-0.05, 0) is 24.6 Å². The van der Waals surface area contributed by atoms with E-state index in [1.54, 1.807) is 0 Å². The molecule has 0 aliphatic carbocycles. The molecule has 2 rings (SSSR count). The minimum absolute atomic E-state index is 0.0749. The maximum atomic E-state index is 12.1. The molecule has 20 heavy (non-hydrogen) atoms. The minimum Gasteiger partial charge on any atom is -0.484 e. The Bertz CT molecular complexity index is 465. The number of ether oxygens (including phenoxy) is 1. The van der Waals surface area contributed by atoms with E-state index in [-0.39, 0.29) is 12.5 Å². The van der Waals surface area contributed by atoms with Crippen molar-refractivity contribution in [3.63, 3.8) is 0 Å². The Labute approximate surface area is 120 Å². The van der Waals surface area contributed by atoms with E-state index in [1.165, 1.54) is 4.90 Å². The van der Waals surface area contributed by atoms with Crippen molar-refractivity contribution in [2.45, 2.75) is 6.92 Å². The first kappa shape index (κ1) is 14.6. The van der Waals surface area contributed by atoms with E-state index in [1.807, 2.05) is 42.2 Å². The normalized spacial score (nSPS) is 15.9. The summed E-state index contributed by atoms with van der Waals surface area (Å²) in [4.78, 5) is 15.5. The van der Waals surface area contributed by atoms with Crippen LogP contribution < -0.4 is 9.64 Å². The quantitative estimate of drug-likeness (QED) is 0.784. The fourth-order valence-electron chi connectivity index (χ4n) is 2.43. The maximum Gasteiger partial charge on any atom is 0.260 e. The molecule has 1 amide bonds. The Morgan fingerprint density at radius 1 is 1.40 bits per heavy atom. The number of hydrogen-bond donors (Lipinski definition) is 1. The number of amides is 1. The van der Waals surface area contributed by atoms with Gasteiger partial charge in [0, 0.05) is 0 Å². The average molecular weight is 275 g/mol. The van der Waals surface area contributed by atoms with Crippen LogP contribution in [-0.4, -0.2) is 50.1 Å². The first-order chi connectivity index (χ1) is 9.70. The SMILES string of the molecule is C=CC[NH+]1CCN(C(=O)COc2ccccc2C)CC1. The van der Waals surface area contributed by atoms with E-state index in [9.17, 15) is 4.79 Å². The van der Waals surface area contributed by atoms with Crippen LogP contribution >= 0.6 is 0 Å². The van der Waals surface area contributed by atoms with Gasteiger partial charge in [0.05, 0.1) is 32.7 Å². The monoisotopic (exact) mass is 275 g/mol. The molecule has 1 aromatic rings. The van der Waals surface area contributed by atoms with Crippen LogP contribution in [0.4, 0.5) is 0 Å². The number of benzene rings is 1. The largest absolute Gasteiger partial charge is 0.484 e. The van der Waals surface area contributed by atoms with Crippen molar-refractivity contribution in [3.05, 3.63) is 42.5 Å². The highest BCUT2D eigenvalue weighted by atomic mass is 16.5. The molecule has 0 bridgehead atoms. The van der Waals surface area contributed by atoms with Gasteiger partial charge in [-0.1, -0.05) is 24.8 Å². The molecule has 1 heterocycles. The highest BCUT2D eigenvalue weighted by Crippen LogP contribution is 2.16. The molecule has 4 nitrogen and oxygen atoms in total. The number of piperazine rings is 1. The van der Waals surface area contributed by atoms with Crippen LogP contribution in [0, 0.1) is 6.92 Å². The van der Waals surface area contributed by atoms with Crippen LogP contribution in [0.1, 0.15) is 5.56 Å². The third-order valence-corrected chi connectivity index (χ3v) is 3.70. The molecular formula is C16H23N2O2+. The third kappa shape index (κ3) is 3.84. The van der Waals surface area contributed by atoms with Crippen LogP contribution in [0.15, 0.2) is 36.9 Å². The summed E-state index contributed by atoms with van der Waals surface area (Å²) in [6, 6.07) is 7.77. The van der Waals surface area contributed by atoms with Crippen molar-refractivity contribution in [1.29, 1.82) is 0 Å². The molecule has 4 heteroatoms. The molecule has 0 saturated carbocycles. The van der Waals surface area contributed by atoms with Gasteiger partial charge in [-0.15, -0.1) is 0 Å². The number of hydrogen-bond acceptors (Lipinski definition) is 2. The van der Waals surface area contributed by atoms with Gasteiger partial charge in [0.2, 0.25) is 0 Å². The Hall–Kier alpha value is -1.81. The van der Waals surface area contributed by atoms with Gasteiger partial charge < -0.3 is 14.5 Å². The van der Waals surface area contributed by atoms with Crippen molar-refractivity contribution >= 4 is 5.91 Å². The predicted molar refractivity (Wildman–Crippen MR) is 79.0 cm³/mol. The number of quaternary nitrogens is 1. The van der Waals surface area contributed by atoms with Gasteiger partial charge in [0.1, 0.15) is 5.75 Å². The molecule has 1 aliphatic rings. The van der Waals surface area contributed by atoms with Crippen LogP contribution in [0.3, 0.4) is 0 Å². The molecule has 0 unspecified atom stereocenters. The summed E-state index contributed by atoms with van der Waals surface area (Å²) in [6.07, 6.45) is 1.94. The molecular weight excluding hydrogens is 252 g/mol. The lowest BCUT2D eigenvalue weighted by Gasteiger charge is -2.31. The molecule has 0 radical (unpaired) electrons. The number of para-hydroxylation sites is 1. The van der Waals surface area contributed by atoms with Crippen molar-refractivity contribution in [3.8, 4) is 5.75 Å². The second-order valence-corrected chi connectivity index (χ2v) is 5.18. The van der Waals surface area contributed by atoms with Gasteiger partial charge >= 0.3 is 0 Å². The highest BCUT2D eigenvalue weighted by molar-refractivity contribution is 5.77. The van der Waals surface area contributed by atoms with Crippen molar-refractivity contribution in [1.82, 2.24) is 4.90 Å². The van der Waals surface area contributed by atoms with Gasteiger partial charge in [0.25, 0.3) is 5.91 Å². The first-order valence-electron chi connectivity index (χ1n) is 7.11.